The van der Waals surface area contributed by atoms with Crippen LogP contribution in [0.25, 0.3) is 5.65 Å². The van der Waals surface area contributed by atoms with Gasteiger partial charge in [-0.25, -0.2) is 0 Å². The van der Waals surface area contributed by atoms with Gasteiger partial charge in [0.25, 0.3) is 5.69 Å². The Balaban J connectivity index is 1.69. The molecule has 0 aliphatic carbocycles. The van der Waals surface area contributed by atoms with Crippen molar-refractivity contribution >= 4 is 17.2 Å². The van der Waals surface area contributed by atoms with Crippen molar-refractivity contribution in [2.45, 2.75) is 19.9 Å². The fourth-order valence-electron chi connectivity index (χ4n) is 2.91. The molecule has 3 heterocycles. The molecule has 23 heavy (non-hydrogen) atoms. The van der Waals surface area contributed by atoms with Gasteiger partial charge in [0.05, 0.1) is 4.92 Å². The highest BCUT2D eigenvalue weighted by Gasteiger charge is 2.20. The maximum absolute atomic E-state index is 11.0. The second-order valence-electron chi connectivity index (χ2n) is 5.59. The summed E-state index contributed by atoms with van der Waals surface area (Å²) in [7, 11) is 0. The number of hydrogen-bond donors (Lipinski definition) is 0. The molecule has 1 aliphatic heterocycles. The molecule has 0 atom stereocenters. The first-order chi connectivity index (χ1) is 11.1. The number of aromatic nitrogens is 4. The lowest BCUT2D eigenvalue weighted by atomic mass is 9.99. The summed E-state index contributed by atoms with van der Waals surface area (Å²) in [4.78, 5) is 12.7. The standard InChI is InChI=1S/C15H14N6O2/c1-10-16-17-14-4-5-15(18-20(10)14)19-7-6-11-2-3-13(21(22)23)8-12(11)9-19/h2-5,8H,6-7,9H2,1H3. The van der Waals surface area contributed by atoms with Crippen LogP contribution in [0.3, 0.4) is 0 Å². The Hall–Kier alpha value is -3.03. The molecule has 3 aromatic rings. The molecule has 8 heteroatoms. The van der Waals surface area contributed by atoms with Crippen LogP contribution in [0, 0.1) is 17.0 Å². The maximum atomic E-state index is 11.0. The number of aryl methyl sites for hydroxylation is 1. The molecule has 0 amide bonds. The molecule has 0 saturated heterocycles. The minimum atomic E-state index is -0.357. The zero-order valence-electron chi connectivity index (χ0n) is 12.5. The van der Waals surface area contributed by atoms with Gasteiger partial charge in [-0.2, -0.15) is 4.52 Å². The van der Waals surface area contributed by atoms with Gasteiger partial charge in [0, 0.05) is 25.2 Å². The second kappa shape index (κ2) is 5.01. The van der Waals surface area contributed by atoms with Crippen molar-refractivity contribution in [2.24, 2.45) is 0 Å². The minimum absolute atomic E-state index is 0.128. The van der Waals surface area contributed by atoms with Crippen molar-refractivity contribution in [3.63, 3.8) is 0 Å². The van der Waals surface area contributed by atoms with Crippen LogP contribution in [0.2, 0.25) is 0 Å². The first-order valence-electron chi connectivity index (χ1n) is 7.32. The Morgan fingerprint density at radius 2 is 2.04 bits per heavy atom. The van der Waals surface area contributed by atoms with E-state index in [1.807, 2.05) is 25.1 Å². The summed E-state index contributed by atoms with van der Waals surface area (Å²) >= 11 is 0. The SMILES string of the molecule is Cc1nnc2ccc(N3CCc4ccc([N+](=O)[O-])cc4C3)nn12. The molecule has 0 saturated carbocycles. The molecule has 0 N–H and O–H groups in total. The molecule has 0 fully saturated rings. The number of rotatable bonds is 2. The van der Waals surface area contributed by atoms with E-state index in [1.165, 1.54) is 0 Å². The Morgan fingerprint density at radius 1 is 1.17 bits per heavy atom. The Labute approximate surface area is 131 Å². The smallest absolute Gasteiger partial charge is 0.269 e. The van der Waals surface area contributed by atoms with Gasteiger partial charge >= 0.3 is 0 Å². The van der Waals surface area contributed by atoms with Crippen LogP contribution >= 0.6 is 0 Å². The molecular weight excluding hydrogens is 296 g/mol. The third kappa shape index (κ3) is 2.28. The molecule has 0 spiro atoms. The van der Waals surface area contributed by atoms with Crippen LogP contribution < -0.4 is 4.90 Å². The van der Waals surface area contributed by atoms with E-state index in [0.29, 0.717) is 12.2 Å². The van der Waals surface area contributed by atoms with E-state index < -0.39 is 0 Å². The highest BCUT2D eigenvalue weighted by atomic mass is 16.6. The Kier molecular flexibility index (Phi) is 2.97. The largest absolute Gasteiger partial charge is 0.351 e. The monoisotopic (exact) mass is 310 g/mol. The number of anilines is 1. The molecule has 8 nitrogen and oxygen atoms in total. The molecule has 0 radical (unpaired) electrons. The molecule has 4 rings (SSSR count). The van der Waals surface area contributed by atoms with E-state index in [9.17, 15) is 10.1 Å². The molecule has 0 unspecified atom stereocenters. The van der Waals surface area contributed by atoms with E-state index in [2.05, 4.69) is 20.2 Å². The highest BCUT2D eigenvalue weighted by molar-refractivity contribution is 5.50. The number of fused-ring (bicyclic) bond motifs is 2. The van der Waals surface area contributed by atoms with Crippen molar-refractivity contribution in [1.82, 2.24) is 19.8 Å². The average molecular weight is 310 g/mol. The van der Waals surface area contributed by atoms with Crippen LogP contribution in [-0.2, 0) is 13.0 Å². The maximum Gasteiger partial charge on any atom is 0.269 e. The van der Waals surface area contributed by atoms with Gasteiger partial charge in [-0.3, -0.25) is 10.1 Å². The number of nitro groups is 1. The van der Waals surface area contributed by atoms with Crippen molar-refractivity contribution < 1.29 is 4.92 Å². The van der Waals surface area contributed by atoms with E-state index in [0.717, 1.165) is 35.7 Å². The summed E-state index contributed by atoms with van der Waals surface area (Å²) in [5.41, 5.74) is 2.98. The van der Waals surface area contributed by atoms with E-state index in [-0.39, 0.29) is 10.6 Å². The van der Waals surface area contributed by atoms with E-state index in [1.54, 1.807) is 16.6 Å². The normalized spacial score (nSPS) is 14.0. The third-order valence-electron chi connectivity index (χ3n) is 4.14. The molecule has 1 aliphatic rings. The van der Waals surface area contributed by atoms with E-state index >= 15 is 0 Å². The van der Waals surface area contributed by atoms with Crippen molar-refractivity contribution in [3.05, 3.63) is 57.4 Å². The van der Waals surface area contributed by atoms with Gasteiger partial charge in [0.1, 0.15) is 5.82 Å². The lowest BCUT2D eigenvalue weighted by Crippen LogP contribution is -2.31. The van der Waals surface area contributed by atoms with Gasteiger partial charge < -0.3 is 4.90 Å². The first kappa shape index (κ1) is 13.6. The highest BCUT2D eigenvalue weighted by Crippen LogP contribution is 2.26. The van der Waals surface area contributed by atoms with Gasteiger partial charge in [-0.1, -0.05) is 6.07 Å². The quantitative estimate of drug-likeness (QED) is 0.530. The predicted molar refractivity (Wildman–Crippen MR) is 83.4 cm³/mol. The molecule has 2 aromatic heterocycles. The second-order valence-corrected chi connectivity index (χ2v) is 5.59. The number of nitro benzene ring substituents is 1. The van der Waals surface area contributed by atoms with E-state index in [4.69, 9.17) is 0 Å². The average Bonchev–Trinajstić information content (AvgIpc) is 2.94. The summed E-state index contributed by atoms with van der Waals surface area (Å²) in [6.45, 7) is 3.28. The van der Waals surface area contributed by atoms with Crippen molar-refractivity contribution in [3.8, 4) is 0 Å². The van der Waals surface area contributed by atoms with Gasteiger partial charge in [-0.15, -0.1) is 15.3 Å². The zero-order chi connectivity index (χ0) is 16.0. The zero-order valence-corrected chi connectivity index (χ0v) is 12.5. The van der Waals surface area contributed by atoms with Crippen LogP contribution in [0.5, 0.6) is 0 Å². The number of nitrogens with zero attached hydrogens (tertiary/aromatic N) is 6. The lowest BCUT2D eigenvalue weighted by Gasteiger charge is -2.29. The number of hydrogen-bond acceptors (Lipinski definition) is 6. The Morgan fingerprint density at radius 3 is 2.87 bits per heavy atom. The number of non-ortho nitro benzene ring substituents is 1. The lowest BCUT2D eigenvalue weighted by molar-refractivity contribution is -0.384. The van der Waals surface area contributed by atoms with Crippen LogP contribution in [0.15, 0.2) is 30.3 Å². The summed E-state index contributed by atoms with van der Waals surface area (Å²) in [5, 5.41) is 23.6. The number of benzene rings is 1. The fraction of sp³-hybridized carbons (Fsp3) is 0.267. The summed E-state index contributed by atoms with van der Waals surface area (Å²) < 4.78 is 1.71. The Bertz CT molecular complexity index is 919. The van der Waals surface area contributed by atoms with Crippen molar-refractivity contribution in [1.29, 1.82) is 0 Å². The van der Waals surface area contributed by atoms with Crippen molar-refractivity contribution in [2.75, 3.05) is 11.4 Å². The summed E-state index contributed by atoms with van der Waals surface area (Å²) in [6, 6.07) is 8.87. The van der Waals surface area contributed by atoms with Gasteiger partial charge in [0.2, 0.25) is 0 Å². The summed E-state index contributed by atoms with van der Waals surface area (Å²) in [5.74, 6) is 1.55. The third-order valence-corrected chi connectivity index (χ3v) is 4.14. The fourth-order valence-corrected chi connectivity index (χ4v) is 2.91. The topological polar surface area (TPSA) is 89.5 Å². The van der Waals surface area contributed by atoms with Crippen LogP contribution in [0.1, 0.15) is 17.0 Å². The predicted octanol–water partition coefficient (Wildman–Crippen LogP) is 1.90. The molecule has 116 valence electrons. The summed E-state index contributed by atoms with van der Waals surface area (Å²) in [6.07, 6.45) is 0.841. The van der Waals surface area contributed by atoms with Crippen LogP contribution in [-0.4, -0.2) is 31.3 Å². The minimum Gasteiger partial charge on any atom is -0.351 e. The van der Waals surface area contributed by atoms with Crippen LogP contribution in [0.4, 0.5) is 11.5 Å². The molecular formula is C15H14N6O2. The van der Waals surface area contributed by atoms with Gasteiger partial charge in [-0.05, 0) is 36.6 Å². The first-order valence-corrected chi connectivity index (χ1v) is 7.32. The molecule has 1 aromatic carbocycles. The van der Waals surface area contributed by atoms with Gasteiger partial charge in [0.15, 0.2) is 11.5 Å². The molecule has 0 bridgehead atoms.